The number of anilines is 1. The predicted molar refractivity (Wildman–Crippen MR) is 79.8 cm³/mol. The number of aliphatic hydroxyl groups excluding tert-OH is 1. The van der Waals surface area contributed by atoms with E-state index in [0.717, 1.165) is 19.0 Å². The van der Waals surface area contributed by atoms with Gasteiger partial charge in [0.2, 0.25) is 0 Å². The van der Waals surface area contributed by atoms with E-state index in [9.17, 15) is 13.6 Å². The van der Waals surface area contributed by atoms with E-state index in [4.69, 9.17) is 5.11 Å². The summed E-state index contributed by atoms with van der Waals surface area (Å²) >= 11 is 0. The van der Waals surface area contributed by atoms with Gasteiger partial charge < -0.3 is 20.6 Å². The highest BCUT2D eigenvalue weighted by Crippen LogP contribution is 2.24. The molecule has 0 spiro atoms. The Balaban J connectivity index is 1.80. The molecule has 2 atom stereocenters. The van der Waals surface area contributed by atoms with E-state index in [0.29, 0.717) is 18.8 Å². The Morgan fingerprint density at radius 3 is 2.91 bits per heavy atom. The second-order valence-corrected chi connectivity index (χ2v) is 5.64. The van der Waals surface area contributed by atoms with E-state index in [1.54, 1.807) is 13.0 Å². The van der Waals surface area contributed by atoms with Gasteiger partial charge in [-0.25, -0.2) is 13.6 Å². The summed E-state index contributed by atoms with van der Waals surface area (Å²) in [6.45, 7) is 3.53. The van der Waals surface area contributed by atoms with Crippen LogP contribution in [-0.4, -0.2) is 43.4 Å². The molecule has 0 aliphatic carbocycles. The van der Waals surface area contributed by atoms with Gasteiger partial charge >= 0.3 is 6.03 Å². The van der Waals surface area contributed by atoms with Gasteiger partial charge in [-0.2, -0.15) is 0 Å². The van der Waals surface area contributed by atoms with Crippen molar-refractivity contribution in [1.82, 2.24) is 10.6 Å². The largest absolute Gasteiger partial charge is 0.394 e. The zero-order valence-electron chi connectivity index (χ0n) is 12.5. The molecule has 1 aromatic carbocycles. The molecule has 122 valence electrons. The molecule has 1 aromatic rings. The molecule has 2 rings (SSSR count). The monoisotopic (exact) mass is 313 g/mol. The summed E-state index contributed by atoms with van der Waals surface area (Å²) in [7, 11) is 0. The highest BCUT2D eigenvalue weighted by Gasteiger charge is 2.23. The van der Waals surface area contributed by atoms with E-state index < -0.39 is 11.6 Å². The van der Waals surface area contributed by atoms with Crippen LogP contribution >= 0.6 is 0 Å². The Kier molecular flexibility index (Phi) is 5.54. The molecule has 2 amide bonds. The number of nitrogens with one attached hydrogen (secondary N) is 2. The van der Waals surface area contributed by atoms with Crippen molar-refractivity contribution >= 4 is 11.7 Å². The molecule has 0 bridgehead atoms. The standard InChI is InChI=1S/C15H21F2N3O2/c1-10(9-21)19-15(22)18-7-11-4-5-20(8-11)12-2-3-13(16)14(17)6-12/h2-3,6,10-11,21H,4-5,7-9H2,1H3,(H2,18,19,22). The number of hydrogen-bond acceptors (Lipinski definition) is 3. The molecular weight excluding hydrogens is 292 g/mol. The van der Waals surface area contributed by atoms with Crippen molar-refractivity contribution in [2.24, 2.45) is 5.92 Å². The van der Waals surface area contributed by atoms with Crippen molar-refractivity contribution in [3.05, 3.63) is 29.8 Å². The Bertz CT molecular complexity index is 528. The lowest BCUT2D eigenvalue weighted by Gasteiger charge is -2.19. The molecule has 0 radical (unpaired) electrons. The first-order valence-electron chi connectivity index (χ1n) is 7.34. The Labute approximate surface area is 128 Å². The van der Waals surface area contributed by atoms with Gasteiger partial charge in [-0.15, -0.1) is 0 Å². The number of amides is 2. The number of halogens is 2. The lowest BCUT2D eigenvalue weighted by Crippen LogP contribution is -2.44. The second-order valence-electron chi connectivity index (χ2n) is 5.64. The van der Waals surface area contributed by atoms with Crippen LogP contribution in [0.2, 0.25) is 0 Å². The third kappa shape index (κ3) is 4.30. The minimum atomic E-state index is -0.851. The van der Waals surface area contributed by atoms with Crippen LogP contribution in [0.15, 0.2) is 18.2 Å². The Hall–Kier alpha value is -1.89. The summed E-state index contributed by atoms with van der Waals surface area (Å²) in [5.74, 6) is -1.45. The number of nitrogens with zero attached hydrogens (tertiary/aromatic N) is 1. The van der Waals surface area contributed by atoms with Gasteiger partial charge in [0.25, 0.3) is 0 Å². The molecule has 0 aromatic heterocycles. The van der Waals surface area contributed by atoms with Crippen LogP contribution in [-0.2, 0) is 0 Å². The summed E-state index contributed by atoms with van der Waals surface area (Å²) in [5.41, 5.74) is 0.653. The third-order valence-electron chi connectivity index (χ3n) is 3.76. The zero-order valence-corrected chi connectivity index (χ0v) is 12.5. The van der Waals surface area contributed by atoms with Crippen LogP contribution in [0, 0.1) is 17.6 Å². The zero-order chi connectivity index (χ0) is 16.1. The number of aliphatic hydroxyl groups is 1. The molecule has 0 saturated carbocycles. The molecule has 1 aliphatic heterocycles. The topological polar surface area (TPSA) is 64.6 Å². The Morgan fingerprint density at radius 1 is 1.45 bits per heavy atom. The van der Waals surface area contributed by atoms with Crippen LogP contribution in [0.1, 0.15) is 13.3 Å². The quantitative estimate of drug-likeness (QED) is 0.771. The molecule has 1 fully saturated rings. The van der Waals surface area contributed by atoms with Crippen molar-refractivity contribution in [3.63, 3.8) is 0 Å². The first kappa shape index (κ1) is 16.5. The second kappa shape index (κ2) is 7.40. The van der Waals surface area contributed by atoms with Crippen LogP contribution in [0.25, 0.3) is 0 Å². The summed E-state index contributed by atoms with van der Waals surface area (Å²) < 4.78 is 26.2. The summed E-state index contributed by atoms with van der Waals surface area (Å²) in [6.07, 6.45) is 0.870. The van der Waals surface area contributed by atoms with Crippen molar-refractivity contribution in [2.75, 3.05) is 31.1 Å². The average molecular weight is 313 g/mol. The van der Waals surface area contributed by atoms with E-state index in [1.165, 1.54) is 6.07 Å². The van der Waals surface area contributed by atoms with E-state index in [2.05, 4.69) is 10.6 Å². The number of urea groups is 1. The molecule has 7 heteroatoms. The molecule has 3 N–H and O–H groups in total. The van der Waals surface area contributed by atoms with Gasteiger partial charge in [0.05, 0.1) is 12.6 Å². The summed E-state index contributed by atoms with van der Waals surface area (Å²) in [5, 5.41) is 14.2. The maximum atomic E-state index is 13.3. The number of hydrogen-bond donors (Lipinski definition) is 3. The van der Waals surface area contributed by atoms with Crippen LogP contribution in [0.3, 0.4) is 0 Å². The Morgan fingerprint density at radius 2 is 2.23 bits per heavy atom. The van der Waals surface area contributed by atoms with E-state index in [-0.39, 0.29) is 24.6 Å². The average Bonchev–Trinajstić information content (AvgIpc) is 2.96. The molecule has 2 unspecified atom stereocenters. The van der Waals surface area contributed by atoms with Gasteiger partial charge in [-0.1, -0.05) is 0 Å². The van der Waals surface area contributed by atoms with Crippen LogP contribution < -0.4 is 15.5 Å². The predicted octanol–water partition coefficient (Wildman–Crippen LogP) is 1.47. The molecule has 5 nitrogen and oxygen atoms in total. The third-order valence-corrected chi connectivity index (χ3v) is 3.76. The molecule has 22 heavy (non-hydrogen) atoms. The summed E-state index contributed by atoms with van der Waals surface area (Å²) in [4.78, 5) is 13.5. The molecular formula is C15H21F2N3O2. The molecule has 1 heterocycles. The minimum Gasteiger partial charge on any atom is -0.394 e. The van der Waals surface area contributed by atoms with Crippen molar-refractivity contribution in [2.45, 2.75) is 19.4 Å². The molecule has 1 aliphatic rings. The van der Waals surface area contributed by atoms with Crippen LogP contribution in [0.4, 0.5) is 19.3 Å². The van der Waals surface area contributed by atoms with Gasteiger partial charge in [0, 0.05) is 31.4 Å². The highest BCUT2D eigenvalue weighted by molar-refractivity contribution is 5.74. The van der Waals surface area contributed by atoms with Crippen molar-refractivity contribution < 1.29 is 18.7 Å². The first-order valence-corrected chi connectivity index (χ1v) is 7.34. The lowest BCUT2D eigenvalue weighted by molar-refractivity contribution is 0.219. The fourth-order valence-electron chi connectivity index (χ4n) is 2.47. The fraction of sp³-hybridized carbons (Fsp3) is 0.533. The fourth-order valence-corrected chi connectivity index (χ4v) is 2.47. The van der Waals surface area contributed by atoms with Gasteiger partial charge in [0.15, 0.2) is 11.6 Å². The van der Waals surface area contributed by atoms with E-state index >= 15 is 0 Å². The molecule has 1 saturated heterocycles. The lowest BCUT2D eigenvalue weighted by atomic mass is 10.1. The van der Waals surface area contributed by atoms with Gasteiger partial charge in [-0.05, 0) is 31.4 Å². The maximum Gasteiger partial charge on any atom is 0.315 e. The SMILES string of the molecule is CC(CO)NC(=O)NCC1CCN(c2ccc(F)c(F)c2)C1. The number of carbonyl (C=O) groups excluding carboxylic acids is 1. The normalized spacial score (nSPS) is 19.1. The summed E-state index contributed by atoms with van der Waals surface area (Å²) in [6, 6.07) is 3.28. The smallest absolute Gasteiger partial charge is 0.315 e. The highest BCUT2D eigenvalue weighted by atomic mass is 19.2. The number of benzene rings is 1. The first-order chi connectivity index (χ1) is 10.5. The minimum absolute atomic E-state index is 0.110. The number of rotatable bonds is 5. The maximum absolute atomic E-state index is 13.3. The number of carbonyl (C=O) groups is 1. The van der Waals surface area contributed by atoms with Crippen molar-refractivity contribution in [3.8, 4) is 0 Å². The van der Waals surface area contributed by atoms with Gasteiger partial charge in [0.1, 0.15) is 0 Å². The van der Waals surface area contributed by atoms with Gasteiger partial charge in [-0.3, -0.25) is 0 Å². The van der Waals surface area contributed by atoms with Crippen molar-refractivity contribution in [1.29, 1.82) is 0 Å². The van der Waals surface area contributed by atoms with Crippen LogP contribution in [0.5, 0.6) is 0 Å². The van der Waals surface area contributed by atoms with E-state index in [1.807, 2.05) is 4.90 Å².